The molecule has 0 spiro atoms. The maximum absolute atomic E-state index is 8.57. The first-order valence-electron chi connectivity index (χ1n) is 4.09. The van der Waals surface area contributed by atoms with Gasteiger partial charge < -0.3 is 10.6 Å². The number of hydrogen-bond donors (Lipinski definition) is 1. The Bertz CT molecular complexity index is 415. The number of anilines is 2. The van der Waals surface area contributed by atoms with Crippen molar-refractivity contribution in [2.45, 2.75) is 0 Å². The van der Waals surface area contributed by atoms with E-state index in [4.69, 9.17) is 27.9 Å². The lowest BCUT2D eigenvalue weighted by atomic mass is 10.3. The summed E-state index contributed by atoms with van der Waals surface area (Å²) in [6.07, 6.45) is 1.43. The third-order valence-corrected chi connectivity index (χ3v) is 1.94. The van der Waals surface area contributed by atoms with Crippen molar-refractivity contribution in [3.63, 3.8) is 0 Å². The second-order valence-electron chi connectivity index (χ2n) is 2.75. The summed E-state index contributed by atoms with van der Waals surface area (Å²) >= 11 is 5.89. The average Bonchev–Trinajstić information content (AvgIpc) is 2.17. The lowest BCUT2D eigenvalue weighted by Gasteiger charge is -2.17. The van der Waals surface area contributed by atoms with Gasteiger partial charge in [0, 0.05) is 0 Å². The molecule has 5 nitrogen and oxygen atoms in total. The molecule has 0 saturated carbocycles. The lowest BCUT2D eigenvalue weighted by molar-refractivity contribution is 0.936. The van der Waals surface area contributed by atoms with Gasteiger partial charge in [-0.15, -0.1) is 0 Å². The molecule has 0 atom stereocenters. The molecule has 1 aromatic heterocycles. The van der Waals surface area contributed by atoms with Crippen LogP contribution in [0.25, 0.3) is 0 Å². The van der Waals surface area contributed by atoms with Crippen molar-refractivity contribution in [3.05, 3.63) is 17.3 Å². The van der Waals surface area contributed by atoms with E-state index in [1.807, 2.05) is 12.1 Å². The summed E-state index contributed by atoms with van der Waals surface area (Å²) in [7, 11) is 0. The van der Waals surface area contributed by atoms with Crippen LogP contribution in [0.5, 0.6) is 0 Å². The molecule has 0 aliphatic rings. The number of nitrogens with two attached hydrogens (primary N) is 1. The van der Waals surface area contributed by atoms with Crippen molar-refractivity contribution < 1.29 is 0 Å². The molecule has 0 radical (unpaired) electrons. The van der Waals surface area contributed by atoms with Gasteiger partial charge in [-0.1, -0.05) is 11.6 Å². The Kier molecular flexibility index (Phi) is 3.73. The molecule has 6 heteroatoms. The minimum atomic E-state index is 0.0597. The van der Waals surface area contributed by atoms with E-state index in [9.17, 15) is 0 Å². The highest BCUT2D eigenvalue weighted by atomic mass is 35.5. The van der Waals surface area contributed by atoms with Crippen LogP contribution in [0, 0.1) is 22.7 Å². The van der Waals surface area contributed by atoms with Crippen LogP contribution in [-0.4, -0.2) is 18.1 Å². The summed E-state index contributed by atoms with van der Waals surface area (Å²) in [6, 6.07) is 5.41. The normalized spacial score (nSPS) is 9.00. The zero-order chi connectivity index (χ0) is 11.3. The van der Waals surface area contributed by atoms with Gasteiger partial charge in [0.25, 0.3) is 0 Å². The number of nitrogen functional groups attached to an aromatic ring is 1. The predicted octanol–water partition coefficient (Wildman–Crippen LogP) is 1.17. The predicted molar refractivity (Wildman–Crippen MR) is 57.1 cm³/mol. The van der Waals surface area contributed by atoms with Crippen LogP contribution < -0.4 is 10.6 Å². The smallest absolute Gasteiger partial charge is 0.149 e. The molecule has 0 fully saturated rings. The summed E-state index contributed by atoms with van der Waals surface area (Å²) in [5, 5.41) is 17.5. The highest BCUT2D eigenvalue weighted by Crippen LogP contribution is 2.24. The third kappa shape index (κ3) is 2.73. The molecule has 0 unspecified atom stereocenters. The second kappa shape index (κ2) is 5.04. The van der Waals surface area contributed by atoms with E-state index in [1.165, 1.54) is 17.2 Å². The number of rotatable bonds is 3. The topological polar surface area (TPSA) is 89.7 Å². The minimum absolute atomic E-state index is 0.0597. The Morgan fingerprint density at radius 1 is 1.40 bits per heavy atom. The fourth-order valence-corrected chi connectivity index (χ4v) is 1.35. The highest BCUT2D eigenvalue weighted by Gasteiger charge is 2.11. The quantitative estimate of drug-likeness (QED) is 0.774. The van der Waals surface area contributed by atoms with Gasteiger partial charge in [-0.3, -0.25) is 0 Å². The van der Waals surface area contributed by atoms with E-state index in [0.717, 1.165) is 0 Å². The molecule has 2 N–H and O–H groups in total. The van der Waals surface area contributed by atoms with Crippen LogP contribution in [0.4, 0.5) is 11.5 Å². The molecule has 1 aromatic rings. The van der Waals surface area contributed by atoms with Crippen LogP contribution in [0.1, 0.15) is 0 Å². The Morgan fingerprint density at radius 3 is 2.47 bits per heavy atom. The Hall–Kier alpha value is -1.98. The van der Waals surface area contributed by atoms with Crippen LogP contribution >= 0.6 is 11.6 Å². The van der Waals surface area contributed by atoms with Crippen LogP contribution in [0.2, 0.25) is 5.02 Å². The number of hydrogen-bond acceptors (Lipinski definition) is 5. The maximum Gasteiger partial charge on any atom is 0.149 e. The molecule has 0 amide bonds. The number of nitriles is 2. The van der Waals surface area contributed by atoms with Gasteiger partial charge in [0.05, 0.1) is 29.0 Å². The van der Waals surface area contributed by atoms with Crippen molar-refractivity contribution in [2.75, 3.05) is 23.7 Å². The van der Waals surface area contributed by atoms with Crippen LogP contribution in [-0.2, 0) is 0 Å². The lowest BCUT2D eigenvalue weighted by Crippen LogP contribution is -2.25. The van der Waals surface area contributed by atoms with Gasteiger partial charge in [-0.25, -0.2) is 4.98 Å². The molecule has 0 aliphatic heterocycles. The van der Waals surface area contributed by atoms with E-state index < -0.39 is 0 Å². The third-order valence-electron chi connectivity index (χ3n) is 1.67. The molecule has 0 saturated heterocycles. The molecule has 0 aromatic carbocycles. The van der Waals surface area contributed by atoms with E-state index >= 15 is 0 Å². The fraction of sp³-hybridized carbons (Fsp3) is 0.222. The SMILES string of the molecule is N#CCN(CC#N)c1ncc(N)cc1Cl. The summed E-state index contributed by atoms with van der Waals surface area (Å²) in [6.45, 7) is 0.119. The highest BCUT2D eigenvalue weighted by molar-refractivity contribution is 6.33. The standard InChI is InChI=1S/C9H8ClN5/c10-8-5-7(13)6-14-9(8)15(3-1-11)4-2-12/h5-6H,3-4,13H2. The van der Waals surface area contributed by atoms with Gasteiger partial charge in [-0.05, 0) is 6.07 Å². The first-order valence-corrected chi connectivity index (χ1v) is 4.46. The molecular formula is C9H8ClN5. The molecule has 76 valence electrons. The zero-order valence-corrected chi connectivity index (χ0v) is 8.57. The van der Waals surface area contributed by atoms with Crippen LogP contribution in [0.3, 0.4) is 0 Å². The molecule has 15 heavy (non-hydrogen) atoms. The van der Waals surface area contributed by atoms with Gasteiger partial charge in [0.15, 0.2) is 0 Å². The van der Waals surface area contributed by atoms with E-state index in [1.54, 1.807) is 0 Å². The van der Waals surface area contributed by atoms with Gasteiger partial charge in [-0.2, -0.15) is 10.5 Å². The first kappa shape index (κ1) is 11.1. The Morgan fingerprint density at radius 2 is 2.00 bits per heavy atom. The van der Waals surface area contributed by atoms with Crippen molar-refractivity contribution in [1.29, 1.82) is 10.5 Å². The van der Waals surface area contributed by atoms with Gasteiger partial charge in [0.2, 0.25) is 0 Å². The van der Waals surface area contributed by atoms with Crippen molar-refractivity contribution >= 4 is 23.1 Å². The van der Waals surface area contributed by atoms with Crippen molar-refractivity contribution in [3.8, 4) is 12.1 Å². The van der Waals surface area contributed by atoms with Gasteiger partial charge in [0.1, 0.15) is 18.9 Å². The fourth-order valence-electron chi connectivity index (χ4n) is 1.05. The molecular weight excluding hydrogens is 214 g/mol. The second-order valence-corrected chi connectivity index (χ2v) is 3.15. The Labute approximate surface area is 92.3 Å². The number of halogens is 1. The largest absolute Gasteiger partial charge is 0.397 e. The van der Waals surface area contributed by atoms with E-state index in [2.05, 4.69) is 4.98 Å². The summed E-state index contributed by atoms with van der Waals surface area (Å²) in [5.41, 5.74) is 5.92. The molecule has 0 aliphatic carbocycles. The molecule has 1 rings (SSSR count). The number of nitrogens with zero attached hydrogens (tertiary/aromatic N) is 4. The number of pyridine rings is 1. The summed E-state index contributed by atoms with van der Waals surface area (Å²) in [4.78, 5) is 5.46. The summed E-state index contributed by atoms with van der Waals surface area (Å²) in [5.74, 6) is 0.397. The van der Waals surface area contributed by atoms with Gasteiger partial charge >= 0.3 is 0 Å². The molecule has 1 heterocycles. The van der Waals surface area contributed by atoms with Crippen molar-refractivity contribution in [1.82, 2.24) is 4.98 Å². The number of aromatic nitrogens is 1. The average molecular weight is 222 g/mol. The first-order chi connectivity index (χ1) is 7.19. The monoisotopic (exact) mass is 221 g/mol. The molecule has 0 bridgehead atoms. The van der Waals surface area contributed by atoms with Crippen LogP contribution in [0.15, 0.2) is 12.3 Å². The maximum atomic E-state index is 8.57. The zero-order valence-electron chi connectivity index (χ0n) is 7.81. The van der Waals surface area contributed by atoms with E-state index in [-0.39, 0.29) is 13.1 Å². The Balaban J connectivity index is 3.02. The van der Waals surface area contributed by atoms with E-state index in [0.29, 0.717) is 16.5 Å². The van der Waals surface area contributed by atoms with Crippen molar-refractivity contribution in [2.24, 2.45) is 0 Å². The minimum Gasteiger partial charge on any atom is -0.397 e. The summed E-state index contributed by atoms with van der Waals surface area (Å²) < 4.78 is 0.